The molecule has 0 spiro atoms. The molecule has 2 atom stereocenters. The summed E-state index contributed by atoms with van der Waals surface area (Å²) in [6, 6.07) is 32.6. The Balaban J connectivity index is 1.79. The van der Waals surface area contributed by atoms with Gasteiger partial charge in [0.2, 0.25) is 11.8 Å². The van der Waals surface area contributed by atoms with Crippen LogP contribution in [0.2, 0.25) is 0 Å². The van der Waals surface area contributed by atoms with E-state index in [1.54, 1.807) is 48.5 Å². The number of rotatable bonds is 13. The maximum Gasteiger partial charge on any atom is 0.264 e. The summed E-state index contributed by atoms with van der Waals surface area (Å²) in [6.07, 6.45) is 0.986. The molecular formula is C34H36BrN3O4S. The lowest BCUT2D eigenvalue weighted by atomic mass is 10.0. The molecule has 0 heterocycles. The third-order valence-electron chi connectivity index (χ3n) is 7.17. The summed E-state index contributed by atoms with van der Waals surface area (Å²) in [6.45, 7) is 3.52. The minimum atomic E-state index is -4.11. The van der Waals surface area contributed by atoms with Crippen molar-refractivity contribution >= 4 is 43.5 Å². The number of halogens is 1. The molecule has 4 aromatic rings. The average molecular weight is 663 g/mol. The van der Waals surface area contributed by atoms with E-state index >= 15 is 0 Å². The zero-order valence-corrected chi connectivity index (χ0v) is 26.7. The second-order valence-corrected chi connectivity index (χ2v) is 13.1. The molecule has 7 nitrogen and oxygen atoms in total. The number of carbonyl (C=O) groups excluding carboxylic acids is 2. The second kappa shape index (κ2) is 15.0. The maximum atomic E-state index is 14.4. The first-order valence-electron chi connectivity index (χ1n) is 14.2. The lowest BCUT2D eigenvalue weighted by molar-refractivity contribution is -0.140. The van der Waals surface area contributed by atoms with Gasteiger partial charge in [-0.05, 0) is 60.9 Å². The fourth-order valence-corrected chi connectivity index (χ4v) is 6.55. The number of hydrogen-bond acceptors (Lipinski definition) is 4. The van der Waals surface area contributed by atoms with Crippen LogP contribution >= 0.6 is 15.9 Å². The van der Waals surface area contributed by atoms with Crippen LogP contribution in [0.1, 0.15) is 31.4 Å². The molecule has 0 aromatic heterocycles. The topological polar surface area (TPSA) is 86.8 Å². The fraction of sp³-hybridized carbons (Fsp3) is 0.235. The van der Waals surface area contributed by atoms with E-state index in [1.807, 2.05) is 68.4 Å². The number of carbonyl (C=O) groups is 2. The van der Waals surface area contributed by atoms with Crippen LogP contribution in [-0.4, -0.2) is 43.8 Å². The van der Waals surface area contributed by atoms with E-state index in [4.69, 9.17) is 0 Å². The van der Waals surface area contributed by atoms with Crippen LogP contribution in [-0.2, 0) is 32.6 Å². The van der Waals surface area contributed by atoms with Crippen molar-refractivity contribution in [2.45, 2.75) is 50.2 Å². The van der Waals surface area contributed by atoms with E-state index in [0.717, 1.165) is 26.3 Å². The molecule has 43 heavy (non-hydrogen) atoms. The number of para-hydroxylation sites is 1. The Morgan fingerprint density at radius 3 is 2.00 bits per heavy atom. The number of nitrogens with one attached hydrogen (secondary N) is 1. The predicted octanol–water partition coefficient (Wildman–Crippen LogP) is 6.20. The molecule has 0 saturated heterocycles. The highest BCUT2D eigenvalue weighted by Gasteiger charge is 2.34. The van der Waals surface area contributed by atoms with Gasteiger partial charge >= 0.3 is 0 Å². The molecule has 0 radical (unpaired) electrons. The number of benzene rings is 4. The summed E-state index contributed by atoms with van der Waals surface area (Å²) in [5, 5.41) is 3.05. The standard InChI is InChI=1S/C34H36BrN3O4S/c1-3-26(2)36-34(40)32(23-27-14-7-4-8-15-27)37(24-28-16-13-17-29(35)22-28)33(39)25-38(30-18-9-5-10-19-30)43(41,42)31-20-11-6-12-21-31/h4-22,26,32H,3,23-25H2,1-2H3,(H,36,40)/t26-,32+/m0/s1. The van der Waals surface area contributed by atoms with E-state index in [0.29, 0.717) is 5.69 Å². The first-order valence-corrected chi connectivity index (χ1v) is 16.4. The molecule has 1 N–H and O–H groups in total. The van der Waals surface area contributed by atoms with Crippen molar-refractivity contribution in [2.24, 2.45) is 0 Å². The minimum absolute atomic E-state index is 0.0699. The Bertz CT molecular complexity index is 1600. The molecule has 0 unspecified atom stereocenters. The van der Waals surface area contributed by atoms with Crippen LogP contribution in [0.3, 0.4) is 0 Å². The molecular weight excluding hydrogens is 626 g/mol. The summed E-state index contributed by atoms with van der Waals surface area (Å²) < 4.78 is 29.8. The molecule has 0 saturated carbocycles. The molecule has 224 valence electrons. The number of sulfonamides is 1. The van der Waals surface area contributed by atoms with Crippen LogP contribution in [0.25, 0.3) is 0 Å². The van der Waals surface area contributed by atoms with Crippen LogP contribution in [0, 0.1) is 0 Å². The third kappa shape index (κ3) is 8.55. The van der Waals surface area contributed by atoms with E-state index in [1.165, 1.54) is 17.0 Å². The Hall–Kier alpha value is -3.95. The van der Waals surface area contributed by atoms with Crippen molar-refractivity contribution in [1.29, 1.82) is 0 Å². The van der Waals surface area contributed by atoms with Crippen molar-refractivity contribution in [1.82, 2.24) is 10.2 Å². The quantitative estimate of drug-likeness (QED) is 0.185. The molecule has 9 heteroatoms. The van der Waals surface area contributed by atoms with E-state index < -0.39 is 28.5 Å². The van der Waals surface area contributed by atoms with Crippen LogP contribution in [0.15, 0.2) is 125 Å². The van der Waals surface area contributed by atoms with Gasteiger partial charge in [-0.25, -0.2) is 8.42 Å². The lowest BCUT2D eigenvalue weighted by Gasteiger charge is -2.34. The van der Waals surface area contributed by atoms with Crippen molar-refractivity contribution in [3.8, 4) is 0 Å². The van der Waals surface area contributed by atoms with Crippen LogP contribution in [0.5, 0.6) is 0 Å². The average Bonchev–Trinajstić information content (AvgIpc) is 3.02. The molecule has 0 fully saturated rings. The smallest absolute Gasteiger partial charge is 0.264 e. The van der Waals surface area contributed by atoms with Gasteiger partial charge in [0.1, 0.15) is 12.6 Å². The molecule has 4 rings (SSSR count). The van der Waals surface area contributed by atoms with Crippen molar-refractivity contribution < 1.29 is 18.0 Å². The van der Waals surface area contributed by atoms with Crippen molar-refractivity contribution in [3.05, 3.63) is 131 Å². The molecule has 0 aliphatic rings. The number of hydrogen-bond donors (Lipinski definition) is 1. The highest BCUT2D eigenvalue weighted by atomic mass is 79.9. The Labute approximate surface area is 262 Å². The predicted molar refractivity (Wildman–Crippen MR) is 174 cm³/mol. The Morgan fingerprint density at radius 2 is 1.40 bits per heavy atom. The Morgan fingerprint density at radius 1 is 0.814 bits per heavy atom. The zero-order chi connectivity index (χ0) is 30.8. The number of amides is 2. The third-order valence-corrected chi connectivity index (χ3v) is 9.45. The van der Waals surface area contributed by atoms with E-state index in [2.05, 4.69) is 21.2 Å². The van der Waals surface area contributed by atoms with Gasteiger partial charge in [-0.3, -0.25) is 13.9 Å². The Kier molecular flexibility index (Phi) is 11.1. The normalized spacial score (nSPS) is 12.6. The zero-order valence-electron chi connectivity index (χ0n) is 24.3. The second-order valence-electron chi connectivity index (χ2n) is 10.3. The van der Waals surface area contributed by atoms with Gasteiger partial charge in [0.05, 0.1) is 10.6 Å². The van der Waals surface area contributed by atoms with E-state index in [9.17, 15) is 18.0 Å². The van der Waals surface area contributed by atoms with E-state index in [-0.39, 0.29) is 29.8 Å². The number of nitrogens with zero attached hydrogens (tertiary/aromatic N) is 2. The van der Waals surface area contributed by atoms with Gasteiger partial charge in [0, 0.05) is 23.5 Å². The summed E-state index contributed by atoms with van der Waals surface area (Å²) >= 11 is 3.50. The van der Waals surface area contributed by atoms with Gasteiger partial charge in [-0.2, -0.15) is 0 Å². The lowest BCUT2D eigenvalue weighted by Crippen LogP contribution is -2.54. The molecule has 0 bridgehead atoms. The monoisotopic (exact) mass is 661 g/mol. The fourth-order valence-electron chi connectivity index (χ4n) is 4.67. The maximum absolute atomic E-state index is 14.4. The summed E-state index contributed by atoms with van der Waals surface area (Å²) in [5.74, 6) is -0.790. The minimum Gasteiger partial charge on any atom is -0.352 e. The summed E-state index contributed by atoms with van der Waals surface area (Å²) in [7, 11) is -4.11. The van der Waals surface area contributed by atoms with Gasteiger partial charge in [0.15, 0.2) is 0 Å². The first kappa shape index (κ1) is 32.0. The molecule has 4 aromatic carbocycles. The highest BCUT2D eigenvalue weighted by molar-refractivity contribution is 9.10. The summed E-state index contributed by atoms with van der Waals surface area (Å²) in [4.78, 5) is 29.8. The molecule has 2 amide bonds. The SMILES string of the molecule is CC[C@H](C)NC(=O)[C@@H](Cc1ccccc1)N(Cc1cccc(Br)c1)C(=O)CN(c1ccccc1)S(=O)(=O)c1ccccc1. The molecule has 0 aliphatic heterocycles. The highest BCUT2D eigenvalue weighted by Crippen LogP contribution is 2.25. The summed E-state index contributed by atoms with van der Waals surface area (Å²) in [5.41, 5.74) is 2.04. The van der Waals surface area contributed by atoms with Gasteiger partial charge in [0.25, 0.3) is 10.0 Å². The van der Waals surface area contributed by atoms with Crippen LogP contribution in [0.4, 0.5) is 5.69 Å². The van der Waals surface area contributed by atoms with Gasteiger partial charge < -0.3 is 10.2 Å². The largest absolute Gasteiger partial charge is 0.352 e. The van der Waals surface area contributed by atoms with Crippen molar-refractivity contribution in [3.63, 3.8) is 0 Å². The first-order chi connectivity index (χ1) is 20.7. The van der Waals surface area contributed by atoms with Crippen molar-refractivity contribution in [2.75, 3.05) is 10.8 Å². The molecule has 0 aliphatic carbocycles. The van der Waals surface area contributed by atoms with Gasteiger partial charge in [-0.1, -0.05) is 102 Å². The van der Waals surface area contributed by atoms with Gasteiger partial charge in [-0.15, -0.1) is 0 Å². The van der Waals surface area contributed by atoms with Crippen LogP contribution < -0.4 is 9.62 Å². The number of anilines is 1.